The Labute approximate surface area is 89.5 Å². The molecule has 6 heteroatoms. The van der Waals surface area contributed by atoms with Gasteiger partial charge in [-0.25, -0.2) is 0 Å². The summed E-state index contributed by atoms with van der Waals surface area (Å²) in [5.74, 6) is -0.698. The summed E-state index contributed by atoms with van der Waals surface area (Å²) in [5.41, 5.74) is 16.0. The average molecular weight is 216 g/mol. The normalized spacial score (nSPS) is 12.1. The summed E-state index contributed by atoms with van der Waals surface area (Å²) in [6.45, 7) is 0.605. The summed E-state index contributed by atoms with van der Waals surface area (Å²) >= 11 is 0. The number of nitrogens with two attached hydrogens (primary N) is 3. The van der Waals surface area contributed by atoms with Crippen LogP contribution in [0.3, 0.4) is 0 Å². The molecule has 0 saturated heterocycles. The Bertz CT molecular complexity index is 214. The molecule has 0 saturated carbocycles. The molecule has 88 valence electrons. The van der Waals surface area contributed by atoms with E-state index in [-0.39, 0.29) is 18.4 Å². The van der Waals surface area contributed by atoms with E-state index in [9.17, 15) is 4.79 Å². The summed E-state index contributed by atoms with van der Waals surface area (Å²) in [6, 6.07) is -0.0414. The van der Waals surface area contributed by atoms with E-state index in [0.29, 0.717) is 13.0 Å². The summed E-state index contributed by atoms with van der Waals surface area (Å²) < 4.78 is 0. The minimum Gasteiger partial charge on any atom is -0.481 e. The van der Waals surface area contributed by atoms with Gasteiger partial charge >= 0.3 is 5.97 Å². The Morgan fingerprint density at radius 3 is 2.47 bits per heavy atom. The molecule has 6 nitrogen and oxygen atoms in total. The number of rotatable bonds is 8. The van der Waals surface area contributed by atoms with Crippen LogP contribution in [0.5, 0.6) is 0 Å². The average Bonchev–Trinajstić information content (AvgIpc) is 2.13. The number of hydrogen-bond donors (Lipinski definition) is 4. The fourth-order valence-electron chi connectivity index (χ4n) is 1.18. The van der Waals surface area contributed by atoms with Crippen molar-refractivity contribution in [2.45, 2.75) is 38.1 Å². The Kier molecular flexibility index (Phi) is 7.35. The van der Waals surface area contributed by atoms with E-state index in [1.54, 1.807) is 0 Å². The summed E-state index contributed by atoms with van der Waals surface area (Å²) in [7, 11) is 0. The van der Waals surface area contributed by atoms with Gasteiger partial charge in [0.2, 0.25) is 0 Å². The molecule has 0 amide bonds. The second kappa shape index (κ2) is 8.05. The van der Waals surface area contributed by atoms with Crippen molar-refractivity contribution in [3.8, 4) is 0 Å². The molecular weight excluding hydrogens is 196 g/mol. The van der Waals surface area contributed by atoms with Crippen molar-refractivity contribution in [2.24, 2.45) is 22.2 Å². The highest BCUT2D eigenvalue weighted by Crippen LogP contribution is 2.04. The number of hydrogen-bond acceptors (Lipinski definition) is 3. The quantitative estimate of drug-likeness (QED) is 0.250. The Morgan fingerprint density at radius 2 is 1.93 bits per heavy atom. The van der Waals surface area contributed by atoms with Crippen LogP contribution in [0.4, 0.5) is 0 Å². The van der Waals surface area contributed by atoms with E-state index < -0.39 is 5.97 Å². The number of aliphatic carboxylic acids is 1. The van der Waals surface area contributed by atoms with Crippen LogP contribution in [0.25, 0.3) is 0 Å². The molecule has 0 aliphatic rings. The zero-order valence-electron chi connectivity index (χ0n) is 8.85. The van der Waals surface area contributed by atoms with Gasteiger partial charge in [0.25, 0.3) is 0 Å². The third-order valence-electron chi connectivity index (χ3n) is 2.01. The van der Waals surface area contributed by atoms with Crippen molar-refractivity contribution in [3.05, 3.63) is 0 Å². The van der Waals surface area contributed by atoms with Gasteiger partial charge in [-0.2, -0.15) is 0 Å². The van der Waals surface area contributed by atoms with E-state index >= 15 is 0 Å². The largest absolute Gasteiger partial charge is 0.481 e. The Hall–Kier alpha value is -1.30. The highest BCUT2D eigenvalue weighted by atomic mass is 16.4. The lowest BCUT2D eigenvalue weighted by Crippen LogP contribution is -2.23. The van der Waals surface area contributed by atoms with Crippen molar-refractivity contribution in [1.29, 1.82) is 0 Å². The first-order valence-electron chi connectivity index (χ1n) is 5.05. The predicted molar refractivity (Wildman–Crippen MR) is 59.4 cm³/mol. The van der Waals surface area contributed by atoms with Crippen LogP contribution in [-0.4, -0.2) is 29.6 Å². The molecule has 0 aromatic carbocycles. The van der Waals surface area contributed by atoms with Gasteiger partial charge in [0.05, 0.1) is 0 Å². The predicted octanol–water partition coefficient (Wildman–Crippen LogP) is -0.378. The minimum absolute atomic E-state index is 0.0414. The van der Waals surface area contributed by atoms with Gasteiger partial charge in [-0.05, 0) is 19.3 Å². The molecule has 0 aromatic rings. The lowest BCUT2D eigenvalue weighted by molar-refractivity contribution is -0.137. The molecule has 0 aromatic heterocycles. The number of carboxylic acids is 1. The fraction of sp³-hybridized carbons (Fsp3) is 0.778. The highest BCUT2D eigenvalue weighted by molar-refractivity contribution is 5.75. The zero-order valence-corrected chi connectivity index (χ0v) is 8.85. The molecule has 1 atom stereocenters. The lowest BCUT2D eigenvalue weighted by atomic mass is 10.1. The molecule has 0 aliphatic heterocycles. The molecular formula is C9H20N4O2. The molecule has 0 aliphatic carbocycles. The van der Waals surface area contributed by atoms with Gasteiger partial charge in [0.1, 0.15) is 0 Å². The molecule has 0 spiro atoms. The molecule has 0 rings (SSSR count). The molecule has 7 N–H and O–H groups in total. The number of aliphatic imine (C=N–C) groups is 1. The molecule has 0 fully saturated rings. The summed E-state index contributed by atoms with van der Waals surface area (Å²) in [6.07, 6.45) is 3.26. The zero-order chi connectivity index (χ0) is 11.7. The fourth-order valence-corrected chi connectivity index (χ4v) is 1.18. The molecule has 1 unspecified atom stereocenters. The van der Waals surface area contributed by atoms with E-state index in [1.165, 1.54) is 0 Å². The van der Waals surface area contributed by atoms with Crippen molar-refractivity contribution < 1.29 is 9.90 Å². The number of unbranched alkanes of at least 4 members (excludes halogenated alkanes) is 1. The molecule has 15 heavy (non-hydrogen) atoms. The Balaban J connectivity index is 3.35. The van der Waals surface area contributed by atoms with Crippen molar-refractivity contribution in [3.63, 3.8) is 0 Å². The topological polar surface area (TPSA) is 128 Å². The van der Waals surface area contributed by atoms with Gasteiger partial charge in [0.15, 0.2) is 5.96 Å². The van der Waals surface area contributed by atoms with Crippen LogP contribution in [0.1, 0.15) is 32.1 Å². The standard InChI is InChI=1S/C9H20N4O2/c10-7(4-5-8(14)15)3-1-2-6-13-9(11)12/h7H,1-6,10H2,(H,14,15)(H4,11,12,13). The van der Waals surface area contributed by atoms with Crippen LogP contribution in [-0.2, 0) is 4.79 Å². The maximum absolute atomic E-state index is 10.3. The van der Waals surface area contributed by atoms with Gasteiger partial charge in [-0.3, -0.25) is 9.79 Å². The minimum atomic E-state index is -0.800. The maximum atomic E-state index is 10.3. The van der Waals surface area contributed by atoms with Gasteiger partial charge in [0, 0.05) is 19.0 Å². The number of carbonyl (C=O) groups is 1. The first-order chi connectivity index (χ1) is 7.02. The third kappa shape index (κ3) is 10.6. The van der Waals surface area contributed by atoms with Crippen molar-refractivity contribution in [2.75, 3.05) is 6.54 Å². The smallest absolute Gasteiger partial charge is 0.303 e. The first-order valence-corrected chi connectivity index (χ1v) is 5.05. The maximum Gasteiger partial charge on any atom is 0.303 e. The summed E-state index contributed by atoms with van der Waals surface area (Å²) in [4.78, 5) is 14.1. The Morgan fingerprint density at radius 1 is 1.27 bits per heavy atom. The number of carboxylic acid groups (broad SMARTS) is 1. The SMILES string of the molecule is NC(N)=NCCCCC(N)CCC(=O)O. The lowest BCUT2D eigenvalue weighted by Gasteiger charge is -2.08. The molecule has 0 heterocycles. The second-order valence-electron chi connectivity index (χ2n) is 3.49. The van der Waals surface area contributed by atoms with Crippen LogP contribution in [0.2, 0.25) is 0 Å². The van der Waals surface area contributed by atoms with Crippen LogP contribution in [0, 0.1) is 0 Å². The van der Waals surface area contributed by atoms with Crippen molar-refractivity contribution in [1.82, 2.24) is 0 Å². The monoisotopic (exact) mass is 216 g/mol. The van der Waals surface area contributed by atoms with E-state index in [2.05, 4.69) is 4.99 Å². The third-order valence-corrected chi connectivity index (χ3v) is 2.01. The summed E-state index contributed by atoms with van der Waals surface area (Å²) in [5, 5.41) is 8.43. The number of guanidine groups is 1. The van der Waals surface area contributed by atoms with Gasteiger partial charge < -0.3 is 22.3 Å². The highest BCUT2D eigenvalue weighted by Gasteiger charge is 2.05. The van der Waals surface area contributed by atoms with Gasteiger partial charge in [-0.15, -0.1) is 0 Å². The second-order valence-corrected chi connectivity index (χ2v) is 3.49. The first kappa shape index (κ1) is 13.7. The van der Waals surface area contributed by atoms with E-state index in [4.69, 9.17) is 22.3 Å². The van der Waals surface area contributed by atoms with E-state index in [0.717, 1.165) is 19.3 Å². The number of nitrogens with zero attached hydrogens (tertiary/aromatic N) is 1. The van der Waals surface area contributed by atoms with E-state index in [1.807, 2.05) is 0 Å². The van der Waals surface area contributed by atoms with Gasteiger partial charge in [-0.1, -0.05) is 6.42 Å². The van der Waals surface area contributed by atoms with Crippen molar-refractivity contribution >= 4 is 11.9 Å². The molecule has 0 radical (unpaired) electrons. The van der Waals surface area contributed by atoms with Crippen LogP contribution in [0.15, 0.2) is 4.99 Å². The van der Waals surface area contributed by atoms with Crippen LogP contribution >= 0.6 is 0 Å². The molecule has 0 bridgehead atoms. The van der Waals surface area contributed by atoms with Crippen LogP contribution < -0.4 is 17.2 Å².